The van der Waals surface area contributed by atoms with Gasteiger partial charge in [0.15, 0.2) is 0 Å². The van der Waals surface area contributed by atoms with E-state index in [1.165, 1.54) is 7.11 Å². The molecule has 4 amide bonds. The quantitative estimate of drug-likeness (QED) is 0.144. The lowest BCUT2D eigenvalue weighted by Crippen LogP contribution is -2.60. The maximum absolute atomic E-state index is 14.3. The summed E-state index contributed by atoms with van der Waals surface area (Å²) in [5.74, 6) is -3.15. The second kappa shape index (κ2) is 23.0. The molecule has 0 radical (unpaired) electrons. The summed E-state index contributed by atoms with van der Waals surface area (Å²) in [6.45, 7) is 18.1. The number of carboxylic acids is 1. The molecule has 9 atom stereocenters. The molecule has 1 aromatic rings. The van der Waals surface area contributed by atoms with Crippen LogP contribution in [-0.2, 0) is 39.9 Å². The van der Waals surface area contributed by atoms with Crippen molar-refractivity contribution in [3.05, 3.63) is 35.9 Å². The fourth-order valence-corrected chi connectivity index (χ4v) is 8.07. The van der Waals surface area contributed by atoms with Crippen LogP contribution in [0, 0.1) is 23.7 Å². The van der Waals surface area contributed by atoms with E-state index < -0.39 is 60.2 Å². The van der Waals surface area contributed by atoms with Gasteiger partial charge in [-0.25, -0.2) is 4.79 Å². The van der Waals surface area contributed by atoms with Crippen molar-refractivity contribution in [2.24, 2.45) is 23.7 Å². The van der Waals surface area contributed by atoms with Crippen LogP contribution >= 0.6 is 0 Å². The van der Waals surface area contributed by atoms with Gasteiger partial charge in [0.25, 0.3) is 0 Å². The number of nitrogens with zero attached hydrogens (tertiary/aromatic N) is 3. The predicted octanol–water partition coefficient (Wildman–Crippen LogP) is 4.61. The fraction of sp³-hybridized carbons (Fsp3) is 0.744. The van der Waals surface area contributed by atoms with E-state index in [2.05, 4.69) is 10.6 Å². The van der Waals surface area contributed by atoms with Gasteiger partial charge in [-0.05, 0) is 69.9 Å². The zero-order valence-electron chi connectivity index (χ0n) is 36.4. The van der Waals surface area contributed by atoms with Gasteiger partial charge < -0.3 is 35.0 Å². The van der Waals surface area contributed by atoms with Gasteiger partial charge >= 0.3 is 5.97 Å². The number of hydrogen-bond donors (Lipinski definition) is 3. The van der Waals surface area contributed by atoms with Gasteiger partial charge in [-0.15, -0.1) is 0 Å². The summed E-state index contributed by atoms with van der Waals surface area (Å²) in [4.78, 5) is 73.4. The zero-order chi connectivity index (χ0) is 42.4. The maximum Gasteiger partial charge on any atom is 0.326 e. The highest BCUT2D eigenvalue weighted by atomic mass is 16.5. The molecule has 3 N–H and O–H groups in total. The molecule has 0 spiro atoms. The Bertz CT molecular complexity index is 1410. The molecule has 318 valence electrons. The summed E-state index contributed by atoms with van der Waals surface area (Å²) in [6.07, 6.45) is 1.42. The first-order valence-electron chi connectivity index (χ1n) is 20.5. The lowest BCUT2D eigenvalue weighted by atomic mass is 9.89. The van der Waals surface area contributed by atoms with E-state index in [9.17, 15) is 29.1 Å². The standard InChI is InChI=1S/C43H73N5O8/c1-14-29(8)38(47(11)42(52)36(26(2)3)45-41(51)37(27(4)5)46(10)28(6)7)34(55-12)25-35(49)48-24-18-21-33(48)39(56-13)30(9)40(50)44-32(43(53)54)23-22-31-19-16-15-17-20-31/h15-17,19-20,26-30,32-34,36-39H,14,18,21-25H2,1-13H3,(H,44,50)(H,45,51)(H,53,54). The molecule has 0 aliphatic carbocycles. The van der Waals surface area contributed by atoms with E-state index in [0.29, 0.717) is 25.8 Å². The van der Waals surface area contributed by atoms with Crippen molar-refractivity contribution >= 4 is 29.6 Å². The summed E-state index contributed by atoms with van der Waals surface area (Å²) < 4.78 is 11.9. The van der Waals surface area contributed by atoms with E-state index in [0.717, 1.165) is 12.0 Å². The molecule has 56 heavy (non-hydrogen) atoms. The summed E-state index contributed by atoms with van der Waals surface area (Å²) in [5, 5.41) is 15.7. The van der Waals surface area contributed by atoms with Gasteiger partial charge in [0.05, 0.1) is 42.7 Å². The van der Waals surface area contributed by atoms with Gasteiger partial charge in [-0.3, -0.25) is 24.1 Å². The Kier molecular flexibility index (Phi) is 20.0. The third kappa shape index (κ3) is 13.0. The van der Waals surface area contributed by atoms with Crippen LogP contribution in [0.25, 0.3) is 0 Å². The highest BCUT2D eigenvalue weighted by Gasteiger charge is 2.43. The maximum atomic E-state index is 14.3. The van der Waals surface area contributed by atoms with Crippen molar-refractivity contribution in [3.8, 4) is 0 Å². The molecule has 2 rings (SSSR count). The number of nitrogens with one attached hydrogen (secondary N) is 2. The third-order valence-corrected chi connectivity index (χ3v) is 11.8. The molecule has 13 heteroatoms. The Hall–Kier alpha value is -3.55. The largest absolute Gasteiger partial charge is 0.480 e. The molecule has 9 unspecified atom stereocenters. The molecule has 0 bridgehead atoms. The van der Waals surface area contributed by atoms with Crippen molar-refractivity contribution < 1.29 is 38.6 Å². The molecular weight excluding hydrogens is 714 g/mol. The molecule has 0 aromatic heterocycles. The number of likely N-dealkylation sites (N-methyl/N-ethyl adjacent to an activating group) is 2. The Morgan fingerprint density at radius 3 is 2.02 bits per heavy atom. The number of likely N-dealkylation sites (tertiary alicyclic amines) is 1. The first kappa shape index (κ1) is 48.6. The van der Waals surface area contributed by atoms with Gasteiger partial charge in [0.2, 0.25) is 23.6 Å². The van der Waals surface area contributed by atoms with Crippen molar-refractivity contribution in [1.82, 2.24) is 25.3 Å². The summed E-state index contributed by atoms with van der Waals surface area (Å²) in [6, 6.07) is 6.47. The van der Waals surface area contributed by atoms with Crippen LogP contribution in [0.5, 0.6) is 0 Å². The predicted molar refractivity (Wildman–Crippen MR) is 219 cm³/mol. The van der Waals surface area contributed by atoms with Crippen LogP contribution in [0.15, 0.2) is 30.3 Å². The summed E-state index contributed by atoms with van der Waals surface area (Å²) in [5.41, 5.74) is 0.979. The minimum atomic E-state index is -1.11. The van der Waals surface area contributed by atoms with E-state index >= 15 is 0 Å². The second-order valence-electron chi connectivity index (χ2n) is 16.7. The van der Waals surface area contributed by atoms with Gasteiger partial charge in [0.1, 0.15) is 12.1 Å². The number of ether oxygens (including phenoxy) is 2. The van der Waals surface area contributed by atoms with Crippen molar-refractivity contribution in [3.63, 3.8) is 0 Å². The minimum Gasteiger partial charge on any atom is -0.480 e. The molecule has 1 aliphatic rings. The molecule has 1 fully saturated rings. The van der Waals surface area contributed by atoms with Crippen LogP contribution in [0.3, 0.4) is 0 Å². The molecule has 1 aromatic carbocycles. The van der Waals surface area contributed by atoms with E-state index in [-0.39, 0.29) is 54.4 Å². The Balaban J connectivity index is 2.27. The average Bonchev–Trinajstić information content (AvgIpc) is 3.64. The molecule has 1 saturated heterocycles. The van der Waals surface area contributed by atoms with Crippen molar-refractivity contribution in [1.29, 1.82) is 0 Å². The first-order valence-corrected chi connectivity index (χ1v) is 20.5. The number of carbonyl (C=O) groups excluding carboxylic acids is 4. The lowest BCUT2D eigenvalue weighted by Gasteiger charge is -2.41. The Labute approximate surface area is 336 Å². The molecule has 0 saturated carbocycles. The zero-order valence-corrected chi connectivity index (χ0v) is 36.4. The number of hydrogen-bond acceptors (Lipinski definition) is 8. The van der Waals surface area contributed by atoms with Gasteiger partial charge in [-0.2, -0.15) is 0 Å². The summed E-state index contributed by atoms with van der Waals surface area (Å²) >= 11 is 0. The topological polar surface area (TPSA) is 158 Å². The third-order valence-electron chi connectivity index (χ3n) is 11.8. The number of carbonyl (C=O) groups is 5. The number of aliphatic carboxylic acids is 1. The van der Waals surface area contributed by atoms with Gasteiger partial charge in [0, 0.05) is 33.9 Å². The molecule has 13 nitrogen and oxygen atoms in total. The number of rotatable bonds is 23. The second-order valence-corrected chi connectivity index (χ2v) is 16.7. The van der Waals surface area contributed by atoms with Crippen LogP contribution < -0.4 is 10.6 Å². The van der Waals surface area contributed by atoms with E-state index in [1.54, 1.807) is 30.9 Å². The fourth-order valence-electron chi connectivity index (χ4n) is 8.07. The first-order chi connectivity index (χ1) is 26.3. The highest BCUT2D eigenvalue weighted by Crippen LogP contribution is 2.30. The lowest BCUT2D eigenvalue weighted by molar-refractivity contribution is -0.148. The monoisotopic (exact) mass is 788 g/mol. The SMILES string of the molecule is CCC(C)C(C(CC(=O)N1CCCC1C(OC)C(C)C(=O)NC(CCc1ccccc1)C(=O)O)OC)N(C)C(=O)C(NC(=O)C(C(C)C)N(C)C(C)C)C(C)C. The smallest absolute Gasteiger partial charge is 0.326 e. The van der Waals surface area contributed by atoms with Crippen LogP contribution in [0.1, 0.15) is 100.0 Å². The van der Waals surface area contributed by atoms with E-state index in [4.69, 9.17) is 9.47 Å². The summed E-state index contributed by atoms with van der Waals surface area (Å²) in [7, 11) is 6.70. The number of aryl methyl sites for hydroxylation is 1. The van der Waals surface area contributed by atoms with E-state index in [1.807, 2.05) is 97.7 Å². The number of methoxy groups -OCH3 is 2. The molecule has 1 aliphatic heterocycles. The van der Waals surface area contributed by atoms with Crippen LogP contribution in [0.2, 0.25) is 0 Å². The number of benzene rings is 1. The molecular formula is C43H73N5O8. The number of amides is 4. The minimum absolute atomic E-state index is 0.00940. The van der Waals surface area contributed by atoms with Crippen LogP contribution in [-0.4, -0.2) is 133 Å². The Morgan fingerprint density at radius 2 is 1.52 bits per heavy atom. The van der Waals surface area contributed by atoms with Crippen molar-refractivity contribution in [2.45, 2.75) is 149 Å². The molecule has 1 heterocycles. The highest BCUT2D eigenvalue weighted by molar-refractivity contribution is 5.90. The average molecular weight is 788 g/mol. The van der Waals surface area contributed by atoms with Gasteiger partial charge in [-0.1, -0.05) is 85.2 Å². The van der Waals surface area contributed by atoms with Crippen molar-refractivity contribution in [2.75, 3.05) is 34.9 Å². The normalized spacial score (nSPS) is 18.9. The Morgan fingerprint density at radius 1 is 0.893 bits per heavy atom. The van der Waals surface area contributed by atoms with Crippen LogP contribution in [0.4, 0.5) is 0 Å². The number of carboxylic acid groups (broad SMARTS) is 1.